The van der Waals surface area contributed by atoms with Crippen molar-refractivity contribution >= 4 is 40.7 Å². The van der Waals surface area contributed by atoms with E-state index in [2.05, 4.69) is 20.7 Å². The van der Waals surface area contributed by atoms with Crippen LogP contribution in [0.3, 0.4) is 0 Å². The predicted octanol–water partition coefficient (Wildman–Crippen LogP) is -0.463. The predicted molar refractivity (Wildman–Crippen MR) is 131 cm³/mol. The molecule has 0 aromatic carbocycles. The van der Waals surface area contributed by atoms with E-state index in [4.69, 9.17) is 18.9 Å². The molecule has 16 nitrogen and oxygen atoms in total. The molecule has 2 aromatic heterocycles. The third-order valence-electron chi connectivity index (χ3n) is 6.06. The van der Waals surface area contributed by atoms with E-state index in [1.165, 1.54) is 11.6 Å². The number of nitrogens with zero attached hydrogens (tertiary/aromatic N) is 6. The Morgan fingerprint density at radius 2 is 1.69 bits per heavy atom. The van der Waals surface area contributed by atoms with Gasteiger partial charge in [-0.15, -0.1) is 5.10 Å². The lowest BCUT2D eigenvalue weighted by Crippen LogP contribution is -2.42. The number of fused-ring (bicyclic) bond motifs is 1. The van der Waals surface area contributed by atoms with E-state index in [0.29, 0.717) is 6.54 Å². The summed E-state index contributed by atoms with van der Waals surface area (Å²) in [5.41, 5.74) is -0.505. The van der Waals surface area contributed by atoms with Crippen LogP contribution < -0.4 is 10.9 Å². The van der Waals surface area contributed by atoms with E-state index in [1.54, 1.807) is 0 Å². The first kappa shape index (κ1) is 28.1. The zero-order chi connectivity index (χ0) is 28.4. The van der Waals surface area contributed by atoms with Gasteiger partial charge in [0.15, 0.2) is 35.3 Å². The van der Waals surface area contributed by atoms with Gasteiger partial charge in [0.1, 0.15) is 12.7 Å². The molecule has 0 spiro atoms. The summed E-state index contributed by atoms with van der Waals surface area (Å²) in [4.78, 5) is 63.3. The number of nitrogens with one attached hydrogen (secondary N) is 1. The van der Waals surface area contributed by atoms with E-state index in [-0.39, 0.29) is 41.8 Å². The number of amides is 1. The van der Waals surface area contributed by atoms with Crippen LogP contribution in [0.1, 0.15) is 52.3 Å². The molecule has 39 heavy (non-hydrogen) atoms. The molecule has 16 heteroatoms. The van der Waals surface area contributed by atoms with Gasteiger partial charge in [-0.2, -0.15) is 9.78 Å². The minimum atomic E-state index is -1.37. The first-order chi connectivity index (χ1) is 18.5. The van der Waals surface area contributed by atoms with Crippen molar-refractivity contribution in [3.05, 3.63) is 10.4 Å². The molecule has 3 heterocycles. The minimum absolute atomic E-state index is 0.0652. The maximum absolute atomic E-state index is 13.8. The van der Waals surface area contributed by atoms with Crippen molar-refractivity contribution in [2.75, 3.05) is 32.6 Å². The number of esters is 3. The van der Waals surface area contributed by atoms with Crippen LogP contribution in [0.5, 0.6) is 0 Å². The third kappa shape index (κ3) is 6.39. The van der Waals surface area contributed by atoms with E-state index in [9.17, 15) is 24.0 Å². The lowest BCUT2D eigenvalue weighted by molar-refractivity contribution is -0.166. The van der Waals surface area contributed by atoms with Gasteiger partial charge in [-0.25, -0.2) is 0 Å². The van der Waals surface area contributed by atoms with Crippen molar-refractivity contribution in [2.24, 2.45) is 0 Å². The fourth-order valence-corrected chi connectivity index (χ4v) is 4.21. The lowest BCUT2D eigenvalue weighted by atomic mass is 10.1. The topological polar surface area (TPSA) is 186 Å². The van der Waals surface area contributed by atoms with Crippen LogP contribution in [-0.2, 0) is 38.1 Å². The normalized spacial score (nSPS) is 22.6. The lowest BCUT2D eigenvalue weighted by Gasteiger charge is -2.23. The van der Waals surface area contributed by atoms with Crippen molar-refractivity contribution in [1.29, 1.82) is 0 Å². The second-order valence-corrected chi connectivity index (χ2v) is 9.68. The molecule has 0 radical (unpaired) electrons. The molecule has 0 bridgehead atoms. The molecule has 1 saturated carbocycles. The second kappa shape index (κ2) is 11.4. The average molecular weight is 550 g/mol. The van der Waals surface area contributed by atoms with Gasteiger partial charge in [0.05, 0.1) is 6.04 Å². The Labute approximate surface area is 222 Å². The van der Waals surface area contributed by atoms with E-state index >= 15 is 0 Å². The molecular formula is C23H31N7O9. The fourth-order valence-electron chi connectivity index (χ4n) is 4.21. The minimum Gasteiger partial charge on any atom is -0.463 e. The quantitative estimate of drug-likeness (QED) is 0.296. The molecule has 1 amide bonds. The Kier molecular flexibility index (Phi) is 8.25. The number of rotatable bonds is 10. The summed E-state index contributed by atoms with van der Waals surface area (Å²) in [5.74, 6) is -2.24. The van der Waals surface area contributed by atoms with Crippen LogP contribution in [0, 0.1) is 0 Å². The number of hydrogen-bond acceptors (Lipinski definition) is 13. The molecule has 1 N–H and O–H groups in total. The van der Waals surface area contributed by atoms with Crippen molar-refractivity contribution in [2.45, 2.75) is 70.6 Å². The van der Waals surface area contributed by atoms with E-state index in [1.807, 2.05) is 19.0 Å². The molecule has 1 aliphatic carbocycles. The Morgan fingerprint density at radius 1 is 1.03 bits per heavy atom. The van der Waals surface area contributed by atoms with Crippen LogP contribution in [0.25, 0.3) is 11.0 Å². The van der Waals surface area contributed by atoms with Gasteiger partial charge in [0, 0.05) is 33.7 Å². The fraction of sp³-hybridized carbons (Fsp3) is 0.652. The largest absolute Gasteiger partial charge is 0.463 e. The summed E-state index contributed by atoms with van der Waals surface area (Å²) in [6.45, 7) is 3.67. The molecule has 4 rings (SSSR count). The first-order valence-electron chi connectivity index (χ1n) is 12.4. The van der Waals surface area contributed by atoms with Gasteiger partial charge in [-0.1, -0.05) is 5.21 Å². The maximum atomic E-state index is 13.8. The number of ether oxygens (including phenoxy) is 4. The highest BCUT2D eigenvalue weighted by Gasteiger charge is 2.52. The standard InChI is InChI=1S/C23H31N7O9/c1-11(31)36-10-15-19(37-12(2)32)20(38-13(3)33)23(39-15)30-22(35)18-17(25-27-30)21(26-29(18)14-6-7-14)24-16(34)8-9-28(4)5/h14-15,19-20,23H,6-10H2,1-5H3,(H,24,26,34). The second-order valence-electron chi connectivity index (χ2n) is 9.68. The first-order valence-corrected chi connectivity index (χ1v) is 12.4. The maximum Gasteiger partial charge on any atom is 0.303 e. The molecule has 1 aliphatic heterocycles. The van der Waals surface area contributed by atoms with Crippen LogP contribution in [-0.4, -0.2) is 99.0 Å². The molecular weight excluding hydrogens is 518 g/mol. The highest BCUT2D eigenvalue weighted by molar-refractivity contribution is 5.97. The van der Waals surface area contributed by atoms with Gasteiger partial charge >= 0.3 is 17.9 Å². The van der Waals surface area contributed by atoms with Crippen molar-refractivity contribution in [3.8, 4) is 0 Å². The Balaban J connectivity index is 1.74. The summed E-state index contributed by atoms with van der Waals surface area (Å²) >= 11 is 0. The number of carbonyl (C=O) groups is 4. The number of anilines is 1. The average Bonchev–Trinajstić information content (AvgIpc) is 3.56. The molecule has 1 saturated heterocycles. The zero-order valence-electron chi connectivity index (χ0n) is 22.3. The van der Waals surface area contributed by atoms with Gasteiger partial charge in [-0.3, -0.25) is 28.7 Å². The van der Waals surface area contributed by atoms with Crippen LogP contribution >= 0.6 is 0 Å². The Morgan fingerprint density at radius 3 is 2.28 bits per heavy atom. The summed E-state index contributed by atoms with van der Waals surface area (Å²) in [6.07, 6.45) is -3.20. The van der Waals surface area contributed by atoms with Gasteiger partial charge < -0.3 is 29.2 Å². The van der Waals surface area contributed by atoms with Crippen LogP contribution in [0.15, 0.2) is 4.79 Å². The summed E-state index contributed by atoms with van der Waals surface area (Å²) in [7, 11) is 3.69. The van der Waals surface area contributed by atoms with Crippen molar-refractivity contribution in [3.63, 3.8) is 0 Å². The van der Waals surface area contributed by atoms with Crippen LogP contribution in [0.4, 0.5) is 5.82 Å². The monoisotopic (exact) mass is 549 g/mol. The molecule has 4 unspecified atom stereocenters. The third-order valence-corrected chi connectivity index (χ3v) is 6.06. The van der Waals surface area contributed by atoms with E-state index in [0.717, 1.165) is 31.4 Å². The highest BCUT2D eigenvalue weighted by atomic mass is 16.7. The highest BCUT2D eigenvalue weighted by Crippen LogP contribution is 2.38. The summed E-state index contributed by atoms with van der Waals surface area (Å²) < 4.78 is 24.1. The van der Waals surface area contributed by atoms with Crippen molar-refractivity contribution < 1.29 is 38.1 Å². The molecule has 2 aromatic rings. The number of carbonyl (C=O) groups excluding carboxylic acids is 4. The Bertz CT molecular complexity index is 1330. The van der Waals surface area contributed by atoms with Gasteiger partial charge in [0.2, 0.25) is 5.91 Å². The Hall–Kier alpha value is -3.92. The SMILES string of the molecule is CC(=O)OCC1OC(n2nnc3c(NC(=O)CCN(C)C)nn(C4CC4)c3c2=O)C(OC(C)=O)C1OC(C)=O. The smallest absolute Gasteiger partial charge is 0.303 e. The molecule has 212 valence electrons. The zero-order valence-corrected chi connectivity index (χ0v) is 22.3. The number of aromatic nitrogens is 5. The van der Waals surface area contributed by atoms with Gasteiger partial charge in [0.25, 0.3) is 5.56 Å². The summed E-state index contributed by atoms with van der Waals surface area (Å²) in [6, 6.07) is -0.0652. The molecule has 2 aliphatic rings. The molecule has 2 fully saturated rings. The van der Waals surface area contributed by atoms with E-state index < -0.39 is 48.0 Å². The molecule has 4 atom stereocenters. The summed E-state index contributed by atoms with van der Waals surface area (Å²) in [5, 5.41) is 15.3. The van der Waals surface area contributed by atoms with Gasteiger partial charge in [-0.05, 0) is 26.9 Å². The number of hydrogen-bond donors (Lipinski definition) is 1. The van der Waals surface area contributed by atoms with Crippen molar-refractivity contribution in [1.82, 2.24) is 29.7 Å². The van der Waals surface area contributed by atoms with Crippen LogP contribution in [0.2, 0.25) is 0 Å².